The fourth-order valence-corrected chi connectivity index (χ4v) is 5.64. The molecule has 8 heteroatoms. The lowest BCUT2D eigenvalue weighted by Crippen LogP contribution is -2.36. The Kier molecular flexibility index (Phi) is 14.8. The predicted molar refractivity (Wildman–Crippen MR) is 152 cm³/mol. The Morgan fingerprint density at radius 2 is 1.73 bits per heavy atom. The number of unbranched alkanes of at least 4 members (excludes halogenated alkanes) is 3. The lowest BCUT2D eigenvalue weighted by atomic mass is 9.81. The molecule has 6 atom stereocenters. The largest absolute Gasteiger partial charge is 0.469 e. The molecule has 0 aromatic carbocycles. The van der Waals surface area contributed by atoms with Gasteiger partial charge in [-0.05, 0) is 39.0 Å². The van der Waals surface area contributed by atoms with Crippen molar-refractivity contribution in [3.8, 4) is 11.8 Å². The maximum Gasteiger partial charge on any atom is 0.305 e. The monoisotopic (exact) mass is 562 g/mol. The zero-order chi connectivity index (χ0) is 29.5. The third-order valence-electron chi connectivity index (χ3n) is 7.83. The summed E-state index contributed by atoms with van der Waals surface area (Å²) in [5.41, 5.74) is -0.278. The molecule has 1 saturated carbocycles. The van der Waals surface area contributed by atoms with Gasteiger partial charge in [-0.25, -0.2) is 0 Å². The highest BCUT2D eigenvalue weighted by atomic mass is 16.7. The SMILES string of the molecule is CC#CCC(C)(C)[C@@H](C=C[C@@H]1[C@@H](CCCCCCC(=O)OC)[C@@H](OC(C)=O)C[C@H]1OC(C)=O)OC1CCCCO1. The van der Waals surface area contributed by atoms with Gasteiger partial charge in [0.25, 0.3) is 0 Å². The third-order valence-corrected chi connectivity index (χ3v) is 7.83. The van der Waals surface area contributed by atoms with E-state index in [2.05, 4.69) is 37.8 Å². The summed E-state index contributed by atoms with van der Waals surface area (Å²) in [6, 6.07) is 0. The van der Waals surface area contributed by atoms with Gasteiger partial charge in [-0.15, -0.1) is 11.8 Å². The first-order valence-electron chi connectivity index (χ1n) is 14.8. The summed E-state index contributed by atoms with van der Waals surface area (Å²) < 4.78 is 28.6. The van der Waals surface area contributed by atoms with Crippen LogP contribution in [0.1, 0.15) is 105 Å². The molecule has 2 aliphatic rings. The van der Waals surface area contributed by atoms with E-state index in [0.717, 1.165) is 51.4 Å². The first-order valence-corrected chi connectivity index (χ1v) is 14.8. The van der Waals surface area contributed by atoms with E-state index in [-0.39, 0.29) is 53.7 Å². The Morgan fingerprint density at radius 1 is 1.02 bits per heavy atom. The predicted octanol–water partition coefficient (Wildman–Crippen LogP) is 5.91. The molecule has 1 heterocycles. The van der Waals surface area contributed by atoms with Gasteiger partial charge in [-0.3, -0.25) is 14.4 Å². The second-order valence-corrected chi connectivity index (χ2v) is 11.6. The van der Waals surface area contributed by atoms with Gasteiger partial charge in [0.1, 0.15) is 12.2 Å². The number of esters is 3. The lowest BCUT2D eigenvalue weighted by Gasteiger charge is -2.35. The van der Waals surface area contributed by atoms with Crippen LogP contribution in [0.2, 0.25) is 0 Å². The number of rotatable bonds is 15. The molecule has 2 fully saturated rings. The van der Waals surface area contributed by atoms with Crippen molar-refractivity contribution in [2.24, 2.45) is 17.3 Å². The molecule has 0 N–H and O–H groups in total. The van der Waals surface area contributed by atoms with E-state index in [1.54, 1.807) is 0 Å². The van der Waals surface area contributed by atoms with Crippen LogP contribution in [0.25, 0.3) is 0 Å². The highest BCUT2D eigenvalue weighted by Gasteiger charge is 2.45. The minimum atomic E-state index is -0.396. The molecule has 2 rings (SSSR count). The molecule has 0 aromatic heterocycles. The Morgan fingerprint density at radius 3 is 2.35 bits per heavy atom. The molecule has 1 aliphatic carbocycles. The molecule has 40 heavy (non-hydrogen) atoms. The van der Waals surface area contributed by atoms with Crippen LogP contribution in [0.4, 0.5) is 0 Å². The number of carbonyl (C=O) groups excluding carboxylic acids is 3. The van der Waals surface area contributed by atoms with Gasteiger partial charge < -0.3 is 23.7 Å². The van der Waals surface area contributed by atoms with Crippen molar-refractivity contribution in [1.29, 1.82) is 0 Å². The summed E-state index contributed by atoms with van der Waals surface area (Å²) in [6.45, 7) is 9.64. The highest BCUT2D eigenvalue weighted by Crippen LogP contribution is 2.42. The highest BCUT2D eigenvalue weighted by molar-refractivity contribution is 5.69. The standard InChI is InChI=1S/C32H50O8/c1-7-8-20-32(4,5)29(40-31-17-13-14-21-37-31)19-18-26-25(15-11-9-10-12-16-30(35)36-6)27(38-23(2)33)22-28(26)39-24(3)34/h18-19,25-29,31H,9-17,20-22H2,1-6H3/t25-,26-,27+,28-,29-,31?/m1/s1. The van der Waals surface area contributed by atoms with Crippen molar-refractivity contribution >= 4 is 17.9 Å². The summed E-state index contributed by atoms with van der Waals surface area (Å²) in [5.74, 6) is 5.18. The molecular formula is C32H50O8. The van der Waals surface area contributed by atoms with Crippen molar-refractivity contribution in [3.05, 3.63) is 12.2 Å². The molecule has 226 valence electrons. The van der Waals surface area contributed by atoms with E-state index in [1.807, 2.05) is 6.92 Å². The topological polar surface area (TPSA) is 97.4 Å². The van der Waals surface area contributed by atoms with Crippen LogP contribution in [0.15, 0.2) is 12.2 Å². The van der Waals surface area contributed by atoms with E-state index < -0.39 is 6.10 Å². The van der Waals surface area contributed by atoms with Crippen LogP contribution in [0.5, 0.6) is 0 Å². The zero-order valence-electron chi connectivity index (χ0n) is 25.4. The van der Waals surface area contributed by atoms with Gasteiger partial charge in [0, 0.05) is 57.0 Å². The van der Waals surface area contributed by atoms with Crippen molar-refractivity contribution in [3.63, 3.8) is 0 Å². The fourth-order valence-electron chi connectivity index (χ4n) is 5.64. The average Bonchev–Trinajstić information content (AvgIpc) is 3.21. The number of hydrogen-bond donors (Lipinski definition) is 0. The van der Waals surface area contributed by atoms with Crippen molar-refractivity contribution in [2.75, 3.05) is 13.7 Å². The third kappa shape index (κ3) is 11.6. The summed E-state index contributed by atoms with van der Waals surface area (Å²) in [4.78, 5) is 35.4. The van der Waals surface area contributed by atoms with Crippen LogP contribution >= 0.6 is 0 Å². The summed E-state index contributed by atoms with van der Waals surface area (Å²) in [5, 5.41) is 0. The summed E-state index contributed by atoms with van der Waals surface area (Å²) in [7, 11) is 1.40. The Labute approximate surface area is 240 Å². The minimum Gasteiger partial charge on any atom is -0.469 e. The van der Waals surface area contributed by atoms with E-state index in [1.165, 1.54) is 21.0 Å². The van der Waals surface area contributed by atoms with E-state index in [4.69, 9.17) is 23.7 Å². The second-order valence-electron chi connectivity index (χ2n) is 11.6. The van der Waals surface area contributed by atoms with Crippen LogP contribution in [0, 0.1) is 29.1 Å². The normalized spacial score (nSPS) is 25.6. The quantitative estimate of drug-likeness (QED) is 0.0799. The fraction of sp³-hybridized carbons (Fsp3) is 0.781. The molecule has 0 radical (unpaired) electrons. The van der Waals surface area contributed by atoms with Crippen molar-refractivity contribution in [2.45, 2.75) is 130 Å². The van der Waals surface area contributed by atoms with E-state index in [0.29, 0.717) is 25.9 Å². The zero-order valence-corrected chi connectivity index (χ0v) is 25.4. The van der Waals surface area contributed by atoms with Gasteiger partial charge in [0.2, 0.25) is 0 Å². The Balaban J connectivity index is 2.24. The minimum absolute atomic E-state index is 0.00441. The van der Waals surface area contributed by atoms with E-state index >= 15 is 0 Å². The summed E-state index contributed by atoms with van der Waals surface area (Å²) >= 11 is 0. The second kappa shape index (κ2) is 17.4. The molecule has 1 aliphatic heterocycles. The molecule has 1 saturated heterocycles. The van der Waals surface area contributed by atoms with E-state index in [9.17, 15) is 14.4 Å². The van der Waals surface area contributed by atoms with Crippen LogP contribution in [0.3, 0.4) is 0 Å². The van der Waals surface area contributed by atoms with Gasteiger partial charge >= 0.3 is 17.9 Å². The van der Waals surface area contributed by atoms with Gasteiger partial charge in [0.15, 0.2) is 6.29 Å². The number of carbonyl (C=O) groups is 3. The molecular weight excluding hydrogens is 512 g/mol. The first-order chi connectivity index (χ1) is 19.1. The Hall–Kier alpha value is -2.37. The molecule has 8 nitrogen and oxygen atoms in total. The molecule has 0 bridgehead atoms. The number of methoxy groups -OCH3 is 1. The lowest BCUT2D eigenvalue weighted by molar-refractivity contribution is -0.196. The van der Waals surface area contributed by atoms with Crippen LogP contribution < -0.4 is 0 Å². The van der Waals surface area contributed by atoms with Gasteiger partial charge in [0.05, 0.1) is 13.2 Å². The average molecular weight is 563 g/mol. The molecule has 0 spiro atoms. The molecule has 0 aromatic rings. The van der Waals surface area contributed by atoms with Crippen LogP contribution in [-0.2, 0) is 38.1 Å². The number of ether oxygens (including phenoxy) is 5. The van der Waals surface area contributed by atoms with Gasteiger partial charge in [-0.1, -0.05) is 45.3 Å². The smallest absolute Gasteiger partial charge is 0.305 e. The van der Waals surface area contributed by atoms with Crippen LogP contribution in [-0.4, -0.2) is 56.2 Å². The summed E-state index contributed by atoms with van der Waals surface area (Å²) in [6.07, 6.45) is 11.8. The Bertz CT molecular complexity index is 892. The first kappa shape index (κ1) is 33.8. The molecule has 1 unspecified atom stereocenters. The number of hydrogen-bond acceptors (Lipinski definition) is 8. The maximum atomic E-state index is 12.0. The maximum absolute atomic E-state index is 12.0. The van der Waals surface area contributed by atoms with Gasteiger partial charge in [-0.2, -0.15) is 0 Å². The van der Waals surface area contributed by atoms with Crippen molar-refractivity contribution < 1.29 is 38.1 Å². The molecule has 0 amide bonds. The van der Waals surface area contributed by atoms with Crippen molar-refractivity contribution in [1.82, 2.24) is 0 Å².